The lowest BCUT2D eigenvalue weighted by molar-refractivity contribution is -0.615. The molecule has 1 aliphatic carbocycles. The van der Waals surface area contributed by atoms with Gasteiger partial charge in [-0.2, -0.15) is 14.5 Å². The minimum atomic E-state index is -0.851. The van der Waals surface area contributed by atoms with Gasteiger partial charge in [0.05, 0.1) is 33.6 Å². The highest BCUT2D eigenvalue weighted by molar-refractivity contribution is 6.31. The number of rotatable bonds is 8. The molecule has 10 nitrogen and oxygen atoms in total. The van der Waals surface area contributed by atoms with Crippen LogP contribution < -0.4 is 10.5 Å². The molecule has 202 valence electrons. The van der Waals surface area contributed by atoms with Crippen molar-refractivity contribution in [2.45, 2.75) is 25.3 Å². The van der Waals surface area contributed by atoms with Gasteiger partial charge in [0, 0.05) is 17.8 Å². The number of amides is 1. The maximum atomic E-state index is 15.2. The topological polar surface area (TPSA) is 131 Å². The molecule has 1 saturated carbocycles. The standard InChI is InChI=1S/C27H21ClF2N8O2/c28-20-6-8-23(37-14-32-34-35-37)25(26(20)30)17-4-7-22(38(40)13-17)24(9-15-1-2-15)36-12-18(11-33-36)16-3-5-19(27(31)39)21(29)10-16/h3-8,10-15,24H,1-2,9H2,(H2,31,39)/t24-/m0/s1. The predicted molar refractivity (Wildman–Crippen MR) is 140 cm³/mol. The van der Waals surface area contributed by atoms with Gasteiger partial charge < -0.3 is 10.9 Å². The first kappa shape index (κ1) is 25.6. The summed E-state index contributed by atoms with van der Waals surface area (Å²) in [5.74, 6) is -1.85. The van der Waals surface area contributed by atoms with Gasteiger partial charge >= 0.3 is 0 Å². The Balaban J connectivity index is 1.37. The van der Waals surface area contributed by atoms with Crippen molar-refractivity contribution < 1.29 is 18.3 Å². The van der Waals surface area contributed by atoms with Crippen molar-refractivity contribution in [2.24, 2.45) is 11.7 Å². The van der Waals surface area contributed by atoms with Crippen molar-refractivity contribution in [3.05, 3.63) is 101 Å². The minimum absolute atomic E-state index is 0.0810. The van der Waals surface area contributed by atoms with Crippen LogP contribution in [0.1, 0.15) is 41.4 Å². The fourth-order valence-electron chi connectivity index (χ4n) is 4.76. The number of hydrogen-bond acceptors (Lipinski definition) is 6. The number of benzene rings is 2. The van der Waals surface area contributed by atoms with E-state index < -0.39 is 23.6 Å². The molecule has 1 fully saturated rings. The lowest BCUT2D eigenvalue weighted by Crippen LogP contribution is -2.35. The number of tetrazole rings is 1. The van der Waals surface area contributed by atoms with Gasteiger partial charge in [-0.05, 0) is 58.7 Å². The Kier molecular flexibility index (Phi) is 6.46. The molecule has 1 aliphatic rings. The summed E-state index contributed by atoms with van der Waals surface area (Å²) in [7, 11) is 0. The van der Waals surface area contributed by atoms with Gasteiger partial charge in [-0.3, -0.25) is 9.48 Å². The molecule has 0 unspecified atom stereocenters. The van der Waals surface area contributed by atoms with Gasteiger partial charge in [0.1, 0.15) is 18.2 Å². The van der Waals surface area contributed by atoms with Crippen LogP contribution in [-0.2, 0) is 0 Å². The summed E-state index contributed by atoms with van der Waals surface area (Å²) in [6, 6.07) is 9.97. The Morgan fingerprint density at radius 1 is 1.15 bits per heavy atom. The Hall–Kier alpha value is -4.71. The molecule has 13 heteroatoms. The van der Waals surface area contributed by atoms with E-state index in [0.29, 0.717) is 45.1 Å². The SMILES string of the molecule is NC(=O)c1ccc(-c2cnn([C@@H](CC3CC3)c3ccc(-c4c(-n5cnnn5)ccc(Cl)c4F)c[n+]3[O-])c2)cc1F. The van der Waals surface area contributed by atoms with E-state index in [1.807, 2.05) is 0 Å². The van der Waals surface area contributed by atoms with Gasteiger partial charge in [-0.25, -0.2) is 8.78 Å². The zero-order chi connectivity index (χ0) is 28.0. The zero-order valence-electron chi connectivity index (χ0n) is 20.8. The first-order valence-electron chi connectivity index (χ1n) is 12.4. The molecule has 1 amide bonds. The third-order valence-electron chi connectivity index (χ3n) is 6.99. The van der Waals surface area contributed by atoms with E-state index in [4.69, 9.17) is 17.3 Å². The number of hydrogen-bond donors (Lipinski definition) is 1. The first-order chi connectivity index (χ1) is 19.3. The van der Waals surface area contributed by atoms with Crippen LogP contribution in [0.3, 0.4) is 0 Å². The predicted octanol–water partition coefficient (Wildman–Crippen LogP) is 4.25. The van der Waals surface area contributed by atoms with Gasteiger partial charge in [0.15, 0.2) is 12.0 Å². The minimum Gasteiger partial charge on any atom is -0.618 e. The van der Waals surface area contributed by atoms with Crippen molar-refractivity contribution in [2.75, 3.05) is 0 Å². The number of carbonyl (C=O) groups is 1. The molecule has 2 aromatic carbocycles. The first-order valence-corrected chi connectivity index (χ1v) is 12.8. The smallest absolute Gasteiger partial charge is 0.251 e. The highest BCUT2D eigenvalue weighted by atomic mass is 35.5. The average molecular weight is 563 g/mol. The van der Waals surface area contributed by atoms with Crippen molar-refractivity contribution in [3.63, 3.8) is 0 Å². The highest BCUT2D eigenvalue weighted by Gasteiger charge is 2.32. The molecule has 0 radical (unpaired) electrons. The molecule has 0 aliphatic heterocycles. The maximum absolute atomic E-state index is 15.2. The number of primary amides is 1. The Labute approximate surface area is 231 Å². The summed E-state index contributed by atoms with van der Waals surface area (Å²) in [5.41, 5.74) is 7.23. The maximum Gasteiger partial charge on any atom is 0.251 e. The van der Waals surface area contributed by atoms with Crippen LogP contribution in [0.15, 0.2) is 67.4 Å². The second kappa shape index (κ2) is 10.1. The van der Waals surface area contributed by atoms with Crippen molar-refractivity contribution in [1.29, 1.82) is 0 Å². The summed E-state index contributed by atoms with van der Waals surface area (Å²) in [5, 5.41) is 28.9. The van der Waals surface area contributed by atoms with Crippen LogP contribution >= 0.6 is 11.6 Å². The van der Waals surface area contributed by atoms with Crippen LogP contribution in [0.4, 0.5) is 8.78 Å². The van der Waals surface area contributed by atoms with Gasteiger partial charge in [-0.1, -0.05) is 30.5 Å². The monoisotopic (exact) mass is 562 g/mol. The molecular weight excluding hydrogens is 542 g/mol. The third kappa shape index (κ3) is 4.77. The van der Waals surface area contributed by atoms with Gasteiger partial charge in [-0.15, -0.1) is 5.10 Å². The Morgan fingerprint density at radius 2 is 1.95 bits per heavy atom. The van der Waals surface area contributed by atoms with Crippen molar-refractivity contribution in [3.8, 4) is 27.9 Å². The summed E-state index contributed by atoms with van der Waals surface area (Å²) in [6.07, 6.45) is 8.67. The normalized spacial score (nSPS) is 13.9. The Bertz CT molecular complexity index is 1740. The van der Waals surface area contributed by atoms with Gasteiger partial charge in [0.25, 0.3) is 5.91 Å². The van der Waals surface area contributed by atoms with E-state index in [2.05, 4.69) is 20.6 Å². The number of nitrogens with zero attached hydrogens (tertiary/aromatic N) is 7. The van der Waals surface area contributed by atoms with Crippen LogP contribution in [0.5, 0.6) is 0 Å². The number of carbonyl (C=O) groups excluding carboxylic acids is 1. The fourth-order valence-corrected chi connectivity index (χ4v) is 4.92. The largest absolute Gasteiger partial charge is 0.618 e. The van der Waals surface area contributed by atoms with Crippen LogP contribution in [0, 0.1) is 22.8 Å². The van der Waals surface area contributed by atoms with E-state index in [1.165, 1.54) is 35.4 Å². The average Bonchev–Trinajstić information content (AvgIpc) is 3.36. The molecule has 1 atom stereocenters. The zero-order valence-corrected chi connectivity index (χ0v) is 21.5. The Morgan fingerprint density at radius 3 is 2.62 bits per heavy atom. The van der Waals surface area contributed by atoms with Gasteiger partial charge in [0.2, 0.25) is 5.69 Å². The van der Waals surface area contributed by atoms with E-state index in [1.54, 1.807) is 41.3 Å². The van der Waals surface area contributed by atoms with E-state index in [9.17, 15) is 14.4 Å². The molecule has 0 saturated heterocycles. The molecule has 0 bridgehead atoms. The highest BCUT2D eigenvalue weighted by Crippen LogP contribution is 2.39. The summed E-state index contributed by atoms with van der Waals surface area (Å²) in [6.45, 7) is 0. The molecular formula is C27H21ClF2N8O2. The van der Waals surface area contributed by atoms with E-state index in [-0.39, 0.29) is 16.1 Å². The molecule has 2 N–H and O–H groups in total. The fraction of sp³-hybridized carbons (Fsp3) is 0.185. The molecule has 5 aromatic rings. The second-order valence-electron chi connectivity index (χ2n) is 9.64. The van der Waals surface area contributed by atoms with Crippen molar-refractivity contribution >= 4 is 17.5 Å². The molecule has 3 aromatic heterocycles. The molecule has 3 heterocycles. The van der Waals surface area contributed by atoms with E-state index >= 15 is 4.39 Å². The summed E-state index contributed by atoms with van der Waals surface area (Å²) in [4.78, 5) is 11.4. The second-order valence-corrected chi connectivity index (χ2v) is 10.0. The van der Waals surface area contributed by atoms with Crippen LogP contribution in [0.25, 0.3) is 27.9 Å². The summed E-state index contributed by atoms with van der Waals surface area (Å²) >= 11 is 6.07. The number of pyridine rings is 1. The lowest BCUT2D eigenvalue weighted by atomic mass is 10.0. The number of halogens is 3. The molecule has 40 heavy (non-hydrogen) atoms. The number of nitrogens with two attached hydrogens (primary N) is 1. The number of aromatic nitrogens is 7. The van der Waals surface area contributed by atoms with Crippen LogP contribution in [0.2, 0.25) is 5.02 Å². The quantitative estimate of drug-likeness (QED) is 0.222. The lowest BCUT2D eigenvalue weighted by Gasteiger charge is -2.18. The van der Waals surface area contributed by atoms with E-state index in [0.717, 1.165) is 12.8 Å². The summed E-state index contributed by atoms with van der Waals surface area (Å²) < 4.78 is 33.3. The third-order valence-corrected chi connectivity index (χ3v) is 7.28. The molecule has 0 spiro atoms. The van der Waals surface area contributed by atoms with Crippen LogP contribution in [-0.4, -0.2) is 35.9 Å². The van der Waals surface area contributed by atoms with Crippen molar-refractivity contribution in [1.82, 2.24) is 30.0 Å². The molecule has 6 rings (SSSR count).